The first kappa shape index (κ1) is 18.0. The third kappa shape index (κ3) is 3.95. The first-order valence-corrected chi connectivity index (χ1v) is 8.86. The molecule has 0 bridgehead atoms. The van der Waals surface area contributed by atoms with Crippen LogP contribution in [0.4, 0.5) is 0 Å². The van der Waals surface area contributed by atoms with Crippen molar-refractivity contribution in [3.8, 4) is 0 Å². The summed E-state index contributed by atoms with van der Waals surface area (Å²) >= 11 is 0. The fourth-order valence-corrected chi connectivity index (χ4v) is 3.36. The molecule has 0 aromatic heterocycles. The van der Waals surface area contributed by atoms with Crippen LogP contribution < -0.4 is 0 Å². The number of carbonyl (C=O) groups excluding carboxylic acids is 1. The van der Waals surface area contributed by atoms with Gasteiger partial charge in [0.25, 0.3) is 0 Å². The van der Waals surface area contributed by atoms with E-state index in [0.29, 0.717) is 19.1 Å². The quantitative estimate of drug-likeness (QED) is 0.699. The van der Waals surface area contributed by atoms with Gasteiger partial charge < -0.3 is 9.47 Å². The lowest BCUT2D eigenvalue weighted by atomic mass is 9.76. The van der Waals surface area contributed by atoms with Gasteiger partial charge >= 0.3 is 5.97 Å². The van der Waals surface area contributed by atoms with Crippen molar-refractivity contribution in [2.24, 2.45) is 5.92 Å². The van der Waals surface area contributed by atoms with Crippen molar-refractivity contribution < 1.29 is 14.3 Å². The van der Waals surface area contributed by atoms with E-state index in [9.17, 15) is 4.79 Å². The van der Waals surface area contributed by atoms with E-state index in [1.807, 2.05) is 0 Å². The van der Waals surface area contributed by atoms with Crippen LogP contribution in [0.15, 0.2) is 24.3 Å². The van der Waals surface area contributed by atoms with E-state index in [2.05, 4.69) is 52.0 Å². The largest absolute Gasteiger partial charge is 0.465 e. The first-order chi connectivity index (χ1) is 11.0. The molecule has 1 aliphatic carbocycles. The van der Waals surface area contributed by atoms with Crippen molar-refractivity contribution in [1.29, 1.82) is 0 Å². The highest BCUT2D eigenvalue weighted by atomic mass is 16.5. The lowest BCUT2D eigenvalue weighted by Gasteiger charge is -2.34. The molecule has 0 heterocycles. The lowest BCUT2D eigenvalue weighted by molar-refractivity contribution is -0.157. The van der Waals surface area contributed by atoms with Crippen LogP contribution in [-0.4, -0.2) is 25.3 Å². The van der Waals surface area contributed by atoms with Gasteiger partial charge in [-0.25, -0.2) is 0 Å². The Balaban J connectivity index is 2.33. The Bertz CT molecular complexity index is 506. The molecule has 2 rings (SSSR count). The van der Waals surface area contributed by atoms with Gasteiger partial charge in [-0.1, -0.05) is 50.6 Å². The summed E-state index contributed by atoms with van der Waals surface area (Å²) in [4.78, 5) is 13.0. The lowest BCUT2D eigenvalue weighted by Crippen LogP contribution is -2.45. The van der Waals surface area contributed by atoms with Crippen molar-refractivity contribution in [2.45, 2.75) is 64.9 Å². The minimum atomic E-state index is -0.641. The fourth-order valence-electron chi connectivity index (χ4n) is 3.36. The maximum absolute atomic E-state index is 13.0. The van der Waals surface area contributed by atoms with Crippen molar-refractivity contribution in [1.82, 2.24) is 0 Å². The van der Waals surface area contributed by atoms with Crippen LogP contribution in [-0.2, 0) is 19.7 Å². The molecule has 1 fully saturated rings. The Kier molecular flexibility index (Phi) is 6.23. The summed E-state index contributed by atoms with van der Waals surface area (Å²) < 4.78 is 11.7. The van der Waals surface area contributed by atoms with Gasteiger partial charge in [-0.05, 0) is 44.1 Å². The molecule has 1 aromatic carbocycles. The predicted molar refractivity (Wildman–Crippen MR) is 92.5 cm³/mol. The van der Waals surface area contributed by atoms with E-state index in [1.54, 1.807) is 0 Å². The molecule has 0 N–H and O–H groups in total. The summed E-state index contributed by atoms with van der Waals surface area (Å²) in [5, 5.41) is 0. The Morgan fingerprint density at radius 3 is 2.61 bits per heavy atom. The standard InChI is InChI=1S/C20H30O3/c1-5-13-22-18-7-6-12-20(18,19(21)23-14-15(2)3)17-10-8-16(4)9-11-17/h8-11,15,18H,5-7,12-14H2,1-4H3. The van der Waals surface area contributed by atoms with Crippen LogP contribution in [0.1, 0.15) is 57.6 Å². The zero-order valence-electron chi connectivity index (χ0n) is 14.9. The molecule has 128 valence electrons. The maximum atomic E-state index is 13.0. The Morgan fingerprint density at radius 1 is 1.30 bits per heavy atom. The third-order valence-corrected chi connectivity index (χ3v) is 4.59. The number of hydrogen-bond acceptors (Lipinski definition) is 3. The van der Waals surface area contributed by atoms with Gasteiger partial charge in [-0.3, -0.25) is 4.79 Å². The summed E-state index contributed by atoms with van der Waals surface area (Å²) in [5.41, 5.74) is 1.59. The van der Waals surface area contributed by atoms with Gasteiger partial charge in [0.2, 0.25) is 0 Å². The van der Waals surface area contributed by atoms with Crippen LogP contribution in [0.5, 0.6) is 0 Å². The number of hydrogen-bond donors (Lipinski definition) is 0. The molecule has 0 saturated heterocycles. The molecule has 0 amide bonds. The average Bonchev–Trinajstić information content (AvgIpc) is 2.96. The Morgan fingerprint density at radius 2 is 2.00 bits per heavy atom. The highest BCUT2D eigenvalue weighted by Crippen LogP contribution is 2.44. The van der Waals surface area contributed by atoms with Crippen molar-refractivity contribution in [2.75, 3.05) is 13.2 Å². The summed E-state index contributed by atoms with van der Waals surface area (Å²) in [6, 6.07) is 8.28. The summed E-state index contributed by atoms with van der Waals surface area (Å²) in [7, 11) is 0. The van der Waals surface area contributed by atoms with E-state index in [1.165, 1.54) is 5.56 Å². The average molecular weight is 318 g/mol. The van der Waals surface area contributed by atoms with Gasteiger partial charge in [-0.2, -0.15) is 0 Å². The molecule has 1 aromatic rings. The molecule has 23 heavy (non-hydrogen) atoms. The molecular formula is C20H30O3. The predicted octanol–water partition coefficient (Wildman–Crippen LogP) is 4.41. The van der Waals surface area contributed by atoms with Crippen LogP contribution >= 0.6 is 0 Å². The fraction of sp³-hybridized carbons (Fsp3) is 0.650. The van der Waals surface area contributed by atoms with Crippen LogP contribution in [0, 0.1) is 12.8 Å². The summed E-state index contributed by atoms with van der Waals surface area (Å²) in [5.74, 6) is 0.221. The second-order valence-electron chi connectivity index (χ2n) is 7.08. The zero-order chi connectivity index (χ0) is 16.9. The number of ether oxygens (including phenoxy) is 2. The SMILES string of the molecule is CCCOC1CCCC1(C(=O)OCC(C)C)c1ccc(C)cc1. The number of rotatable bonds is 7. The second kappa shape index (κ2) is 7.96. The third-order valence-electron chi connectivity index (χ3n) is 4.59. The monoisotopic (exact) mass is 318 g/mol. The molecular weight excluding hydrogens is 288 g/mol. The second-order valence-corrected chi connectivity index (χ2v) is 7.08. The van der Waals surface area contributed by atoms with Crippen LogP contribution in [0.25, 0.3) is 0 Å². The number of benzene rings is 1. The number of esters is 1. The highest BCUT2D eigenvalue weighted by molar-refractivity contribution is 5.84. The molecule has 3 heteroatoms. The molecule has 2 atom stereocenters. The van der Waals surface area contributed by atoms with E-state index in [4.69, 9.17) is 9.47 Å². The minimum absolute atomic E-state index is 0.0789. The highest BCUT2D eigenvalue weighted by Gasteiger charge is 2.52. The molecule has 2 unspecified atom stereocenters. The zero-order valence-corrected chi connectivity index (χ0v) is 14.9. The normalized spacial score (nSPS) is 24.1. The summed E-state index contributed by atoms with van der Waals surface area (Å²) in [6.07, 6.45) is 3.61. The number of aryl methyl sites for hydroxylation is 1. The minimum Gasteiger partial charge on any atom is -0.465 e. The van der Waals surface area contributed by atoms with E-state index < -0.39 is 5.41 Å². The van der Waals surface area contributed by atoms with Gasteiger partial charge in [0.15, 0.2) is 0 Å². The first-order valence-electron chi connectivity index (χ1n) is 8.86. The Labute approximate surface area is 140 Å². The van der Waals surface area contributed by atoms with Gasteiger partial charge in [-0.15, -0.1) is 0 Å². The smallest absolute Gasteiger partial charge is 0.319 e. The topological polar surface area (TPSA) is 35.5 Å². The Hall–Kier alpha value is -1.35. The molecule has 0 spiro atoms. The summed E-state index contributed by atoms with van der Waals surface area (Å²) in [6.45, 7) is 9.44. The van der Waals surface area contributed by atoms with Gasteiger partial charge in [0, 0.05) is 6.61 Å². The van der Waals surface area contributed by atoms with E-state index in [-0.39, 0.29) is 12.1 Å². The van der Waals surface area contributed by atoms with E-state index >= 15 is 0 Å². The van der Waals surface area contributed by atoms with Crippen LogP contribution in [0.3, 0.4) is 0 Å². The van der Waals surface area contributed by atoms with Crippen LogP contribution in [0.2, 0.25) is 0 Å². The molecule has 0 aliphatic heterocycles. The molecule has 3 nitrogen and oxygen atoms in total. The van der Waals surface area contributed by atoms with Crippen molar-refractivity contribution in [3.63, 3.8) is 0 Å². The van der Waals surface area contributed by atoms with E-state index in [0.717, 1.165) is 31.2 Å². The molecule has 1 aliphatic rings. The van der Waals surface area contributed by atoms with Gasteiger partial charge in [0.1, 0.15) is 5.41 Å². The van der Waals surface area contributed by atoms with Crippen molar-refractivity contribution in [3.05, 3.63) is 35.4 Å². The number of carbonyl (C=O) groups is 1. The molecule has 1 saturated carbocycles. The molecule has 0 radical (unpaired) electrons. The van der Waals surface area contributed by atoms with Crippen molar-refractivity contribution >= 4 is 5.97 Å². The maximum Gasteiger partial charge on any atom is 0.319 e. The van der Waals surface area contributed by atoms with Gasteiger partial charge in [0.05, 0.1) is 12.7 Å².